The van der Waals surface area contributed by atoms with E-state index >= 15 is 0 Å². The van der Waals surface area contributed by atoms with Crippen LogP contribution in [0.15, 0.2) is 40.2 Å². The molecule has 0 saturated heterocycles. The van der Waals surface area contributed by atoms with Crippen molar-refractivity contribution in [2.24, 2.45) is 0 Å². The highest BCUT2D eigenvalue weighted by Crippen LogP contribution is 2.23. The number of nitrogens with one attached hydrogen (secondary N) is 2. The largest absolute Gasteiger partial charge is 0.495 e. The highest BCUT2D eigenvalue weighted by atomic mass is 79.9. The highest BCUT2D eigenvalue weighted by molar-refractivity contribution is 9.10. The van der Waals surface area contributed by atoms with Gasteiger partial charge >= 0.3 is 6.03 Å². The molecule has 2 N–H and O–H groups in total. The van der Waals surface area contributed by atoms with E-state index in [9.17, 15) is 4.79 Å². The average molecular weight is 341 g/mol. The van der Waals surface area contributed by atoms with E-state index in [1.54, 1.807) is 30.6 Å². The first-order valence-corrected chi connectivity index (χ1v) is 7.27. The molecule has 2 amide bonds. The van der Waals surface area contributed by atoms with Gasteiger partial charge in [-0.15, -0.1) is 11.3 Å². The van der Waals surface area contributed by atoms with E-state index in [-0.39, 0.29) is 6.03 Å². The molecule has 1 heterocycles. The molecule has 19 heavy (non-hydrogen) atoms. The molecule has 2 aromatic rings. The zero-order valence-electron chi connectivity index (χ0n) is 10.3. The summed E-state index contributed by atoms with van der Waals surface area (Å²) in [6.45, 7) is 0.497. The van der Waals surface area contributed by atoms with Gasteiger partial charge in [0.05, 0.1) is 19.3 Å². The monoisotopic (exact) mass is 340 g/mol. The Hall–Kier alpha value is -1.53. The van der Waals surface area contributed by atoms with Gasteiger partial charge in [-0.2, -0.15) is 0 Å². The van der Waals surface area contributed by atoms with E-state index in [4.69, 9.17) is 4.74 Å². The summed E-state index contributed by atoms with van der Waals surface area (Å²) in [6, 6.07) is 9.01. The van der Waals surface area contributed by atoms with Crippen LogP contribution in [0, 0.1) is 0 Å². The van der Waals surface area contributed by atoms with Crippen molar-refractivity contribution in [2.45, 2.75) is 6.54 Å². The minimum Gasteiger partial charge on any atom is -0.495 e. The third-order valence-electron chi connectivity index (χ3n) is 2.40. The number of ether oxygens (including phenoxy) is 1. The number of para-hydroxylation sites is 2. The molecule has 0 aliphatic heterocycles. The Balaban J connectivity index is 1.90. The molecule has 6 heteroatoms. The molecule has 0 unspecified atom stereocenters. The summed E-state index contributed by atoms with van der Waals surface area (Å²) < 4.78 is 6.19. The summed E-state index contributed by atoms with van der Waals surface area (Å²) in [4.78, 5) is 12.9. The second-order valence-corrected chi connectivity index (χ2v) is 5.65. The van der Waals surface area contributed by atoms with Crippen LogP contribution in [0.2, 0.25) is 0 Å². The molecule has 4 nitrogen and oxygen atoms in total. The van der Waals surface area contributed by atoms with Crippen molar-refractivity contribution in [1.82, 2.24) is 5.32 Å². The Labute approximate surface area is 123 Å². The predicted octanol–water partition coefficient (Wildman–Crippen LogP) is 3.84. The number of amides is 2. The molecule has 1 aromatic carbocycles. The fourth-order valence-corrected chi connectivity index (χ4v) is 2.92. The first kappa shape index (κ1) is 13.9. The molecule has 0 aliphatic carbocycles. The molecule has 0 aliphatic rings. The maximum absolute atomic E-state index is 11.8. The quantitative estimate of drug-likeness (QED) is 0.888. The Morgan fingerprint density at radius 3 is 2.89 bits per heavy atom. The van der Waals surface area contributed by atoms with Crippen LogP contribution >= 0.6 is 27.3 Å². The minimum absolute atomic E-state index is 0.256. The number of carbonyl (C=O) groups excluding carboxylic acids is 1. The van der Waals surface area contributed by atoms with Crippen molar-refractivity contribution in [1.29, 1.82) is 0 Å². The van der Waals surface area contributed by atoms with Crippen LogP contribution < -0.4 is 15.4 Å². The molecule has 0 fully saturated rings. The average Bonchev–Trinajstić information content (AvgIpc) is 2.83. The predicted molar refractivity (Wildman–Crippen MR) is 80.9 cm³/mol. The maximum atomic E-state index is 11.8. The first-order valence-electron chi connectivity index (χ1n) is 5.60. The lowest BCUT2D eigenvalue weighted by Crippen LogP contribution is -2.28. The molecule has 0 bridgehead atoms. The standard InChI is InChI=1S/C13H13BrN2O2S/c1-18-12-5-3-2-4-11(12)16-13(17)15-7-10-6-9(14)8-19-10/h2-6,8H,7H2,1H3,(H2,15,16,17). The molecule has 2 rings (SSSR count). The summed E-state index contributed by atoms with van der Waals surface area (Å²) in [5.74, 6) is 0.636. The van der Waals surface area contributed by atoms with Crippen LogP contribution in [0.3, 0.4) is 0 Å². The molecular formula is C13H13BrN2O2S. The van der Waals surface area contributed by atoms with Crippen molar-refractivity contribution in [3.05, 3.63) is 45.1 Å². The second-order valence-electron chi connectivity index (χ2n) is 3.74. The van der Waals surface area contributed by atoms with E-state index in [0.29, 0.717) is 18.0 Å². The van der Waals surface area contributed by atoms with Gasteiger partial charge in [0.15, 0.2) is 0 Å². The summed E-state index contributed by atoms with van der Waals surface area (Å²) >= 11 is 4.97. The minimum atomic E-state index is -0.256. The van der Waals surface area contributed by atoms with Crippen LogP contribution in [0.25, 0.3) is 0 Å². The number of hydrogen-bond donors (Lipinski definition) is 2. The molecule has 1 aromatic heterocycles. The van der Waals surface area contributed by atoms with Gasteiger partial charge in [0.1, 0.15) is 5.75 Å². The van der Waals surface area contributed by atoms with Gasteiger partial charge in [-0.3, -0.25) is 0 Å². The number of anilines is 1. The lowest BCUT2D eigenvalue weighted by molar-refractivity contribution is 0.251. The Kier molecular flexibility index (Phi) is 4.81. The van der Waals surface area contributed by atoms with Crippen LogP contribution in [0.1, 0.15) is 4.88 Å². The van der Waals surface area contributed by atoms with Gasteiger partial charge in [-0.05, 0) is 34.1 Å². The number of carbonyl (C=O) groups is 1. The summed E-state index contributed by atoms with van der Waals surface area (Å²) in [6.07, 6.45) is 0. The topological polar surface area (TPSA) is 50.4 Å². The van der Waals surface area contributed by atoms with Crippen LogP contribution in [-0.2, 0) is 6.54 Å². The van der Waals surface area contributed by atoms with Crippen molar-refractivity contribution in [3.63, 3.8) is 0 Å². The van der Waals surface area contributed by atoms with Crippen LogP contribution in [0.4, 0.5) is 10.5 Å². The highest BCUT2D eigenvalue weighted by Gasteiger charge is 2.06. The number of urea groups is 1. The van der Waals surface area contributed by atoms with E-state index < -0.39 is 0 Å². The lowest BCUT2D eigenvalue weighted by Gasteiger charge is -2.10. The summed E-state index contributed by atoms with van der Waals surface area (Å²) in [5, 5.41) is 7.53. The fourth-order valence-electron chi connectivity index (χ4n) is 1.53. The van der Waals surface area contributed by atoms with Crippen LogP contribution in [-0.4, -0.2) is 13.1 Å². The van der Waals surface area contributed by atoms with Gasteiger partial charge < -0.3 is 15.4 Å². The van der Waals surface area contributed by atoms with E-state index in [2.05, 4.69) is 26.6 Å². The SMILES string of the molecule is COc1ccccc1NC(=O)NCc1cc(Br)cs1. The number of halogens is 1. The van der Waals surface area contributed by atoms with Gasteiger partial charge in [0, 0.05) is 14.7 Å². The van der Waals surface area contributed by atoms with Gasteiger partial charge in [0.25, 0.3) is 0 Å². The molecule has 0 spiro atoms. The second kappa shape index (κ2) is 6.58. The Morgan fingerprint density at radius 2 is 2.21 bits per heavy atom. The van der Waals surface area contributed by atoms with Crippen molar-refractivity contribution in [3.8, 4) is 5.75 Å². The summed E-state index contributed by atoms with van der Waals surface area (Å²) in [5.41, 5.74) is 0.648. The van der Waals surface area contributed by atoms with Crippen LogP contribution in [0.5, 0.6) is 5.75 Å². The molecule has 0 atom stereocenters. The van der Waals surface area contributed by atoms with Crippen molar-refractivity contribution < 1.29 is 9.53 Å². The fraction of sp³-hybridized carbons (Fsp3) is 0.154. The molecule has 100 valence electrons. The zero-order valence-corrected chi connectivity index (χ0v) is 12.7. The Bertz CT molecular complexity index is 571. The van der Waals surface area contributed by atoms with Crippen molar-refractivity contribution >= 4 is 39.0 Å². The van der Waals surface area contributed by atoms with Gasteiger partial charge in [0.2, 0.25) is 0 Å². The number of thiophene rings is 1. The van der Waals surface area contributed by atoms with Crippen molar-refractivity contribution in [2.75, 3.05) is 12.4 Å². The number of hydrogen-bond acceptors (Lipinski definition) is 3. The number of rotatable bonds is 4. The molecule has 0 radical (unpaired) electrons. The summed E-state index contributed by atoms with van der Waals surface area (Å²) in [7, 11) is 1.57. The number of methoxy groups -OCH3 is 1. The Morgan fingerprint density at radius 1 is 1.42 bits per heavy atom. The third-order valence-corrected chi connectivity index (χ3v) is 4.10. The molecule has 0 saturated carbocycles. The first-order chi connectivity index (χ1) is 9.19. The molecular weight excluding hydrogens is 328 g/mol. The van der Waals surface area contributed by atoms with E-state index in [0.717, 1.165) is 9.35 Å². The van der Waals surface area contributed by atoms with E-state index in [1.807, 2.05) is 23.6 Å². The smallest absolute Gasteiger partial charge is 0.319 e. The third kappa shape index (κ3) is 3.97. The zero-order chi connectivity index (χ0) is 13.7. The maximum Gasteiger partial charge on any atom is 0.319 e. The number of benzene rings is 1. The van der Waals surface area contributed by atoms with E-state index in [1.165, 1.54) is 0 Å². The lowest BCUT2D eigenvalue weighted by atomic mass is 10.3. The van der Waals surface area contributed by atoms with Gasteiger partial charge in [-0.1, -0.05) is 12.1 Å². The normalized spacial score (nSPS) is 10.0. The van der Waals surface area contributed by atoms with Gasteiger partial charge in [-0.25, -0.2) is 4.79 Å².